The smallest absolute Gasteiger partial charge is 0.220 e. The van der Waals surface area contributed by atoms with Gasteiger partial charge in [0.25, 0.3) is 0 Å². The molecule has 0 fully saturated rings. The molecule has 0 aliphatic rings. The Bertz CT molecular complexity index is 579. The van der Waals surface area contributed by atoms with Crippen molar-refractivity contribution >= 4 is 5.91 Å². The van der Waals surface area contributed by atoms with E-state index in [2.05, 4.69) is 19.2 Å². The fraction of sp³-hybridized carbons (Fsp3) is 0.923. The Morgan fingerprint density at radius 1 is 0.535 bits per heavy atom. The maximum absolute atomic E-state index is 12.3. The molecule has 0 heterocycles. The zero-order chi connectivity index (χ0) is 31.5. The van der Waals surface area contributed by atoms with Gasteiger partial charge in [0.1, 0.15) is 0 Å². The second-order valence-electron chi connectivity index (χ2n) is 13.4. The minimum Gasteiger partial charge on any atom is -0.394 e. The molecule has 0 radical (unpaired) electrons. The molecule has 0 aromatic heterocycles. The largest absolute Gasteiger partial charge is 0.394 e. The zero-order valence-corrected chi connectivity index (χ0v) is 29.2. The molecule has 43 heavy (non-hydrogen) atoms. The van der Waals surface area contributed by atoms with Crippen LogP contribution in [0.5, 0.6) is 0 Å². The summed E-state index contributed by atoms with van der Waals surface area (Å²) in [6.07, 6.45) is 43.0. The molecule has 4 heteroatoms. The lowest BCUT2D eigenvalue weighted by atomic mass is 10.0. The van der Waals surface area contributed by atoms with Crippen LogP contribution in [0.2, 0.25) is 0 Å². The fourth-order valence-corrected chi connectivity index (χ4v) is 6.00. The van der Waals surface area contributed by atoms with Gasteiger partial charge in [-0.3, -0.25) is 4.79 Å². The summed E-state index contributed by atoms with van der Waals surface area (Å²) in [5.41, 5.74) is 0. The average Bonchev–Trinajstić information content (AvgIpc) is 3.01. The molecule has 0 aromatic carbocycles. The van der Waals surface area contributed by atoms with Crippen LogP contribution in [0.3, 0.4) is 0 Å². The van der Waals surface area contributed by atoms with E-state index < -0.39 is 12.1 Å². The lowest BCUT2D eigenvalue weighted by Crippen LogP contribution is -2.45. The molecule has 0 aromatic rings. The van der Waals surface area contributed by atoms with Crippen molar-refractivity contribution in [2.45, 2.75) is 225 Å². The number of allylic oxidation sites excluding steroid dienone is 1. The molecule has 0 rings (SSSR count). The molecule has 0 bridgehead atoms. The Morgan fingerprint density at radius 3 is 1.21 bits per heavy atom. The second kappa shape index (κ2) is 35.6. The van der Waals surface area contributed by atoms with Crippen molar-refractivity contribution in [3.05, 3.63) is 12.2 Å². The predicted molar refractivity (Wildman–Crippen MR) is 189 cm³/mol. The summed E-state index contributed by atoms with van der Waals surface area (Å²) in [6.45, 7) is 4.31. The first-order valence-corrected chi connectivity index (χ1v) is 19.4. The summed E-state index contributed by atoms with van der Waals surface area (Å²) in [5, 5.41) is 22.9. The van der Waals surface area contributed by atoms with Gasteiger partial charge in [-0.15, -0.1) is 0 Å². The van der Waals surface area contributed by atoms with E-state index >= 15 is 0 Å². The number of hydrogen-bond acceptors (Lipinski definition) is 3. The summed E-state index contributed by atoms with van der Waals surface area (Å²) in [6, 6.07) is -0.614. The molecule has 1 amide bonds. The molecule has 0 aliphatic heterocycles. The maximum Gasteiger partial charge on any atom is 0.220 e. The van der Waals surface area contributed by atoms with Crippen molar-refractivity contribution < 1.29 is 15.0 Å². The van der Waals surface area contributed by atoms with Gasteiger partial charge >= 0.3 is 0 Å². The molecule has 0 saturated carbocycles. The van der Waals surface area contributed by atoms with Crippen LogP contribution in [0.1, 0.15) is 213 Å². The summed E-state index contributed by atoms with van der Waals surface area (Å²) < 4.78 is 0. The van der Waals surface area contributed by atoms with Crippen molar-refractivity contribution in [1.29, 1.82) is 0 Å². The van der Waals surface area contributed by atoms with Gasteiger partial charge in [-0.25, -0.2) is 0 Å². The van der Waals surface area contributed by atoms with E-state index in [1.54, 1.807) is 6.08 Å². The van der Waals surface area contributed by atoms with E-state index in [0.29, 0.717) is 6.42 Å². The molecule has 0 saturated heterocycles. The number of hydrogen-bond donors (Lipinski definition) is 3. The third-order valence-corrected chi connectivity index (χ3v) is 9.02. The number of rotatable bonds is 35. The Balaban J connectivity index is 3.57. The normalized spacial score (nSPS) is 13.1. The minimum atomic E-state index is -0.832. The van der Waals surface area contributed by atoms with Crippen LogP contribution in [-0.4, -0.2) is 34.9 Å². The number of carbonyl (C=O) groups is 1. The molecule has 2 atom stereocenters. The Hall–Kier alpha value is -0.870. The van der Waals surface area contributed by atoms with Crippen LogP contribution in [0.15, 0.2) is 12.2 Å². The van der Waals surface area contributed by atoms with Crippen molar-refractivity contribution in [1.82, 2.24) is 5.32 Å². The summed E-state index contributed by atoms with van der Waals surface area (Å²) in [7, 11) is 0. The van der Waals surface area contributed by atoms with E-state index in [4.69, 9.17) is 0 Å². The molecular formula is C39H77NO3. The number of unbranched alkanes of at least 4 members (excludes halogenated alkanes) is 28. The highest BCUT2D eigenvalue weighted by molar-refractivity contribution is 5.76. The van der Waals surface area contributed by atoms with Gasteiger partial charge in [0.15, 0.2) is 0 Å². The number of carbonyl (C=O) groups excluding carboxylic acids is 1. The lowest BCUT2D eigenvalue weighted by Gasteiger charge is -2.20. The first-order valence-electron chi connectivity index (χ1n) is 19.4. The topological polar surface area (TPSA) is 69.6 Å². The molecule has 0 spiro atoms. The second-order valence-corrected chi connectivity index (χ2v) is 13.4. The first-order chi connectivity index (χ1) is 21.2. The fourth-order valence-electron chi connectivity index (χ4n) is 6.00. The highest BCUT2D eigenvalue weighted by Crippen LogP contribution is 2.15. The number of nitrogens with one attached hydrogen (secondary N) is 1. The molecule has 0 aliphatic carbocycles. The predicted octanol–water partition coefficient (Wildman–Crippen LogP) is 11.5. The van der Waals surface area contributed by atoms with Crippen LogP contribution < -0.4 is 5.32 Å². The van der Waals surface area contributed by atoms with Crippen LogP contribution in [0.4, 0.5) is 0 Å². The van der Waals surface area contributed by atoms with Crippen LogP contribution in [0, 0.1) is 0 Å². The Morgan fingerprint density at radius 2 is 0.860 bits per heavy atom. The third-order valence-electron chi connectivity index (χ3n) is 9.02. The maximum atomic E-state index is 12.3. The van der Waals surface area contributed by atoms with E-state index in [0.717, 1.165) is 25.7 Å². The monoisotopic (exact) mass is 608 g/mol. The van der Waals surface area contributed by atoms with Crippen molar-refractivity contribution in [3.8, 4) is 0 Å². The van der Waals surface area contributed by atoms with Gasteiger partial charge in [0.05, 0.1) is 18.8 Å². The molecule has 4 nitrogen and oxygen atoms in total. The van der Waals surface area contributed by atoms with Gasteiger partial charge in [0.2, 0.25) is 5.91 Å². The average molecular weight is 608 g/mol. The van der Waals surface area contributed by atoms with Crippen LogP contribution in [0.25, 0.3) is 0 Å². The molecular weight excluding hydrogens is 530 g/mol. The summed E-state index contributed by atoms with van der Waals surface area (Å²) in [4.78, 5) is 12.3. The SMILES string of the molecule is CCCCCCCCCCCCCCC/C=C/[C@@H](O)[C@H](CO)NC(=O)CCCCCCCCCCCCCCCCCC. The highest BCUT2D eigenvalue weighted by atomic mass is 16.3. The highest BCUT2D eigenvalue weighted by Gasteiger charge is 2.17. The lowest BCUT2D eigenvalue weighted by molar-refractivity contribution is -0.123. The van der Waals surface area contributed by atoms with Crippen LogP contribution >= 0.6 is 0 Å². The van der Waals surface area contributed by atoms with Crippen molar-refractivity contribution in [2.24, 2.45) is 0 Å². The Labute approximate surface area is 269 Å². The van der Waals surface area contributed by atoms with Gasteiger partial charge < -0.3 is 15.5 Å². The Kier molecular flexibility index (Phi) is 34.9. The summed E-state index contributed by atoms with van der Waals surface area (Å²) >= 11 is 0. The van der Waals surface area contributed by atoms with Gasteiger partial charge in [0, 0.05) is 6.42 Å². The van der Waals surface area contributed by atoms with E-state index in [9.17, 15) is 15.0 Å². The quantitative estimate of drug-likeness (QED) is 0.0496. The van der Waals surface area contributed by atoms with E-state index in [1.165, 1.54) is 167 Å². The molecule has 256 valence electrons. The molecule has 3 N–H and O–H groups in total. The van der Waals surface area contributed by atoms with Crippen molar-refractivity contribution in [3.63, 3.8) is 0 Å². The van der Waals surface area contributed by atoms with E-state index in [-0.39, 0.29) is 12.5 Å². The third kappa shape index (κ3) is 32.3. The van der Waals surface area contributed by atoms with Gasteiger partial charge in [-0.1, -0.05) is 199 Å². The number of amides is 1. The first kappa shape index (κ1) is 42.1. The van der Waals surface area contributed by atoms with Gasteiger partial charge in [-0.2, -0.15) is 0 Å². The number of aliphatic hydroxyl groups excluding tert-OH is 2. The van der Waals surface area contributed by atoms with Crippen molar-refractivity contribution in [2.75, 3.05) is 6.61 Å². The standard InChI is InChI=1S/C39H77NO3/c1-3-5-7-9-11-13-15-17-19-21-23-25-27-29-31-33-35-39(43)40-37(36-41)38(42)34-32-30-28-26-24-22-20-18-16-14-12-10-8-6-4-2/h32,34,37-38,41-42H,3-31,33,35-36H2,1-2H3,(H,40,43)/b34-32+/t37-,38+/m0/s1. The van der Waals surface area contributed by atoms with E-state index in [1.807, 2.05) is 6.08 Å². The number of aliphatic hydroxyl groups is 2. The van der Waals surface area contributed by atoms with Gasteiger partial charge in [-0.05, 0) is 19.3 Å². The minimum absolute atomic E-state index is 0.0617. The van der Waals surface area contributed by atoms with Crippen LogP contribution in [-0.2, 0) is 4.79 Å². The summed E-state index contributed by atoms with van der Waals surface area (Å²) in [5.74, 6) is -0.0617. The zero-order valence-electron chi connectivity index (χ0n) is 29.2. The molecule has 0 unspecified atom stereocenters.